The lowest BCUT2D eigenvalue weighted by Crippen LogP contribution is -1.86. The van der Waals surface area contributed by atoms with Crippen molar-refractivity contribution in [3.8, 4) is 0 Å². The highest BCUT2D eigenvalue weighted by Crippen LogP contribution is 2.32. The van der Waals surface area contributed by atoms with Crippen molar-refractivity contribution in [1.82, 2.24) is 0 Å². The molecule has 1 aromatic heterocycles. The van der Waals surface area contributed by atoms with E-state index in [-0.39, 0.29) is 5.38 Å². The van der Waals surface area contributed by atoms with Gasteiger partial charge in [0.15, 0.2) is 0 Å². The number of rotatable bonds is 2. The van der Waals surface area contributed by atoms with Gasteiger partial charge >= 0.3 is 0 Å². The van der Waals surface area contributed by atoms with Gasteiger partial charge in [-0.3, -0.25) is 0 Å². The molecule has 0 aliphatic rings. The summed E-state index contributed by atoms with van der Waals surface area (Å²) in [5, 5.41) is 2.38. The zero-order valence-electron chi connectivity index (χ0n) is 9.61. The van der Waals surface area contributed by atoms with Crippen molar-refractivity contribution in [3.63, 3.8) is 0 Å². The van der Waals surface area contributed by atoms with E-state index >= 15 is 0 Å². The molecule has 2 aromatic carbocycles. The Labute approximate surface area is 105 Å². The molecule has 0 N–H and O–H groups in total. The zero-order chi connectivity index (χ0) is 11.8. The van der Waals surface area contributed by atoms with Gasteiger partial charge in [-0.25, -0.2) is 0 Å². The summed E-state index contributed by atoms with van der Waals surface area (Å²) in [6.45, 7) is 2.09. The summed E-state index contributed by atoms with van der Waals surface area (Å²) >= 11 is 6.28. The fraction of sp³-hybridized carbons (Fsp3) is 0.200. The van der Waals surface area contributed by atoms with Gasteiger partial charge in [0.2, 0.25) is 0 Å². The first-order valence-corrected chi connectivity index (χ1v) is 6.28. The minimum absolute atomic E-state index is 0.0769. The number of alkyl halides is 1. The molecule has 0 fully saturated rings. The quantitative estimate of drug-likeness (QED) is 0.559. The first-order valence-electron chi connectivity index (χ1n) is 5.85. The molecular formula is C15H13ClO. The van der Waals surface area contributed by atoms with Crippen molar-refractivity contribution < 1.29 is 4.42 Å². The molecule has 2 heteroatoms. The van der Waals surface area contributed by atoms with Crippen LogP contribution in [0.1, 0.15) is 24.3 Å². The van der Waals surface area contributed by atoms with E-state index in [1.165, 1.54) is 0 Å². The Balaban J connectivity index is 2.30. The minimum atomic E-state index is 0.0769. The summed E-state index contributed by atoms with van der Waals surface area (Å²) in [4.78, 5) is 0. The van der Waals surface area contributed by atoms with Gasteiger partial charge in [-0.1, -0.05) is 31.2 Å². The Morgan fingerprint density at radius 3 is 2.65 bits per heavy atom. The summed E-state index contributed by atoms with van der Waals surface area (Å²) in [7, 11) is 0. The lowest BCUT2D eigenvalue weighted by atomic mass is 10.1. The molecule has 1 nitrogen and oxygen atoms in total. The summed E-state index contributed by atoms with van der Waals surface area (Å²) in [6, 6.07) is 14.3. The van der Waals surface area contributed by atoms with Crippen molar-refractivity contribution in [3.05, 3.63) is 48.0 Å². The Hall–Kier alpha value is -1.47. The van der Waals surface area contributed by atoms with Crippen LogP contribution in [-0.2, 0) is 0 Å². The fourth-order valence-electron chi connectivity index (χ4n) is 2.17. The monoisotopic (exact) mass is 244 g/mol. The highest BCUT2D eigenvalue weighted by Gasteiger charge is 2.10. The Morgan fingerprint density at radius 1 is 1.06 bits per heavy atom. The van der Waals surface area contributed by atoms with E-state index in [9.17, 15) is 0 Å². The normalized spacial score (nSPS) is 13.3. The summed E-state index contributed by atoms with van der Waals surface area (Å²) in [5.74, 6) is 0. The van der Waals surface area contributed by atoms with Gasteiger partial charge in [-0.05, 0) is 30.2 Å². The van der Waals surface area contributed by atoms with Crippen molar-refractivity contribution in [2.24, 2.45) is 0 Å². The lowest BCUT2D eigenvalue weighted by Gasteiger charge is -2.05. The molecule has 17 heavy (non-hydrogen) atoms. The second-order valence-corrected chi connectivity index (χ2v) is 4.76. The number of benzene rings is 2. The maximum Gasteiger partial charge on any atom is 0.135 e. The number of furan rings is 1. The standard InChI is InChI=1S/C15H13ClO/c1-2-13(16)10-7-8-15-12(9-10)11-5-3-4-6-14(11)17-15/h3-9,13H,2H2,1H3. The molecule has 0 spiro atoms. The van der Waals surface area contributed by atoms with E-state index in [1.807, 2.05) is 30.3 Å². The maximum atomic E-state index is 6.28. The summed E-state index contributed by atoms with van der Waals surface area (Å²) in [6.07, 6.45) is 0.933. The zero-order valence-corrected chi connectivity index (χ0v) is 10.4. The molecule has 86 valence electrons. The topological polar surface area (TPSA) is 13.1 Å². The van der Waals surface area contributed by atoms with Crippen LogP contribution in [0.15, 0.2) is 46.9 Å². The van der Waals surface area contributed by atoms with Crippen molar-refractivity contribution in [2.45, 2.75) is 18.7 Å². The summed E-state index contributed by atoms with van der Waals surface area (Å²) < 4.78 is 5.78. The smallest absolute Gasteiger partial charge is 0.135 e. The van der Waals surface area contributed by atoms with E-state index in [0.717, 1.165) is 33.9 Å². The van der Waals surface area contributed by atoms with Crippen LogP contribution < -0.4 is 0 Å². The van der Waals surface area contributed by atoms with Crippen molar-refractivity contribution in [1.29, 1.82) is 0 Å². The van der Waals surface area contributed by atoms with E-state index in [4.69, 9.17) is 16.0 Å². The molecule has 3 aromatic rings. The Morgan fingerprint density at radius 2 is 1.82 bits per heavy atom. The number of fused-ring (bicyclic) bond motifs is 3. The van der Waals surface area contributed by atoms with E-state index in [1.54, 1.807) is 0 Å². The number of hydrogen-bond acceptors (Lipinski definition) is 1. The second kappa shape index (κ2) is 4.08. The molecule has 0 saturated heterocycles. The summed E-state index contributed by atoms with van der Waals surface area (Å²) in [5.41, 5.74) is 3.02. The average Bonchev–Trinajstić information content (AvgIpc) is 2.75. The van der Waals surface area contributed by atoms with Gasteiger partial charge < -0.3 is 4.42 Å². The van der Waals surface area contributed by atoms with Gasteiger partial charge in [0, 0.05) is 10.8 Å². The van der Waals surface area contributed by atoms with Gasteiger partial charge in [-0.2, -0.15) is 0 Å². The highest BCUT2D eigenvalue weighted by atomic mass is 35.5. The molecule has 1 unspecified atom stereocenters. The van der Waals surface area contributed by atoms with Crippen LogP contribution in [0.2, 0.25) is 0 Å². The van der Waals surface area contributed by atoms with Crippen LogP contribution >= 0.6 is 11.6 Å². The van der Waals surface area contributed by atoms with Crippen molar-refractivity contribution in [2.75, 3.05) is 0 Å². The minimum Gasteiger partial charge on any atom is -0.456 e. The van der Waals surface area contributed by atoms with Gasteiger partial charge in [0.1, 0.15) is 11.2 Å². The third-order valence-electron chi connectivity index (χ3n) is 3.12. The number of halogens is 1. The third kappa shape index (κ3) is 1.71. The molecule has 0 aliphatic heterocycles. The van der Waals surface area contributed by atoms with Crippen LogP contribution in [0.25, 0.3) is 21.9 Å². The average molecular weight is 245 g/mol. The molecule has 0 aliphatic carbocycles. The molecule has 0 bridgehead atoms. The predicted molar refractivity (Wildman–Crippen MR) is 72.6 cm³/mol. The molecule has 3 rings (SSSR count). The van der Waals surface area contributed by atoms with Gasteiger partial charge in [0.05, 0.1) is 5.38 Å². The molecule has 1 atom stereocenters. The molecule has 1 heterocycles. The Kier molecular flexibility index (Phi) is 2.56. The van der Waals surface area contributed by atoms with Crippen LogP contribution in [0, 0.1) is 0 Å². The predicted octanol–water partition coefficient (Wildman–Crippen LogP) is 5.28. The first kappa shape index (κ1) is 10.7. The highest BCUT2D eigenvalue weighted by molar-refractivity contribution is 6.21. The van der Waals surface area contributed by atoms with Crippen LogP contribution in [-0.4, -0.2) is 0 Å². The van der Waals surface area contributed by atoms with Gasteiger partial charge in [0.25, 0.3) is 0 Å². The molecule has 0 amide bonds. The Bertz CT molecular complexity index is 669. The number of para-hydroxylation sites is 1. The first-order chi connectivity index (χ1) is 8.29. The molecular weight excluding hydrogens is 232 g/mol. The third-order valence-corrected chi connectivity index (χ3v) is 3.68. The van der Waals surface area contributed by atoms with Crippen LogP contribution in [0.5, 0.6) is 0 Å². The fourth-order valence-corrected chi connectivity index (χ4v) is 2.31. The maximum absolute atomic E-state index is 6.28. The van der Waals surface area contributed by atoms with E-state index in [2.05, 4.69) is 19.1 Å². The van der Waals surface area contributed by atoms with E-state index < -0.39 is 0 Å². The second-order valence-electron chi connectivity index (χ2n) is 4.23. The number of hydrogen-bond donors (Lipinski definition) is 0. The van der Waals surface area contributed by atoms with E-state index in [0.29, 0.717) is 0 Å². The lowest BCUT2D eigenvalue weighted by molar-refractivity contribution is 0.668. The van der Waals surface area contributed by atoms with Crippen LogP contribution in [0.3, 0.4) is 0 Å². The largest absolute Gasteiger partial charge is 0.456 e. The molecule has 0 saturated carbocycles. The van der Waals surface area contributed by atoms with Crippen molar-refractivity contribution >= 4 is 33.5 Å². The SMILES string of the molecule is CCC(Cl)c1ccc2oc3ccccc3c2c1. The molecule has 0 radical (unpaired) electrons. The van der Waals surface area contributed by atoms with Gasteiger partial charge in [-0.15, -0.1) is 11.6 Å². The van der Waals surface area contributed by atoms with Crippen LogP contribution in [0.4, 0.5) is 0 Å².